The van der Waals surface area contributed by atoms with Gasteiger partial charge < -0.3 is 14.6 Å². The van der Waals surface area contributed by atoms with Crippen LogP contribution < -0.4 is 4.74 Å². The Kier molecular flexibility index (Phi) is 5.63. The Morgan fingerprint density at radius 1 is 1.20 bits per heavy atom. The zero-order chi connectivity index (χ0) is 17.6. The van der Waals surface area contributed by atoms with E-state index in [-0.39, 0.29) is 6.42 Å². The lowest BCUT2D eigenvalue weighted by Crippen LogP contribution is -2.10. The van der Waals surface area contributed by atoms with Gasteiger partial charge in [0.15, 0.2) is 0 Å². The van der Waals surface area contributed by atoms with Crippen LogP contribution in [0.1, 0.15) is 30.0 Å². The molecule has 3 rings (SSSR count). The zero-order valence-corrected chi connectivity index (χ0v) is 14.7. The van der Waals surface area contributed by atoms with Gasteiger partial charge in [0.05, 0.1) is 22.7 Å². The summed E-state index contributed by atoms with van der Waals surface area (Å²) in [4.78, 5) is 15.5. The minimum Gasteiger partial charge on any atom is -0.486 e. The highest BCUT2D eigenvalue weighted by molar-refractivity contribution is 7.18. The van der Waals surface area contributed by atoms with Crippen LogP contribution in [0.2, 0.25) is 0 Å². The lowest BCUT2D eigenvalue weighted by atomic mass is 10.1. The number of thiazole rings is 1. The molecule has 1 aromatic heterocycles. The van der Waals surface area contributed by atoms with Gasteiger partial charge in [-0.25, -0.2) is 4.98 Å². The Hall–Kier alpha value is -2.44. The molecular weight excluding hydrogens is 338 g/mol. The number of aliphatic carboxylic acids is 1. The van der Waals surface area contributed by atoms with Crippen molar-refractivity contribution >= 4 is 27.5 Å². The fourth-order valence-corrected chi connectivity index (χ4v) is 3.42. The Bertz CT molecular complexity index is 811. The minimum absolute atomic E-state index is 0.0558. The third-order valence-electron chi connectivity index (χ3n) is 3.68. The first-order valence-electron chi connectivity index (χ1n) is 8.06. The van der Waals surface area contributed by atoms with E-state index in [2.05, 4.69) is 4.98 Å². The quantitative estimate of drug-likeness (QED) is 0.646. The number of aromatic nitrogens is 1. The van der Waals surface area contributed by atoms with Crippen LogP contribution in [0.15, 0.2) is 48.5 Å². The molecule has 0 spiro atoms. The van der Waals surface area contributed by atoms with E-state index in [0.29, 0.717) is 19.0 Å². The molecule has 0 fully saturated rings. The van der Waals surface area contributed by atoms with Crippen LogP contribution in [0.3, 0.4) is 0 Å². The van der Waals surface area contributed by atoms with Gasteiger partial charge in [0.2, 0.25) is 0 Å². The lowest BCUT2D eigenvalue weighted by Gasteiger charge is -2.15. The molecule has 0 radical (unpaired) electrons. The fourth-order valence-electron chi connectivity index (χ4n) is 2.54. The minimum atomic E-state index is -0.880. The maximum Gasteiger partial charge on any atom is 0.306 e. The van der Waals surface area contributed by atoms with Crippen LogP contribution in [0.4, 0.5) is 0 Å². The van der Waals surface area contributed by atoms with E-state index >= 15 is 0 Å². The summed E-state index contributed by atoms with van der Waals surface area (Å²) in [5.74, 6) is -0.164. The number of nitrogens with zero attached hydrogens (tertiary/aromatic N) is 1. The highest BCUT2D eigenvalue weighted by atomic mass is 32.1. The van der Waals surface area contributed by atoms with Gasteiger partial charge in [-0.1, -0.05) is 24.3 Å². The van der Waals surface area contributed by atoms with Crippen LogP contribution in [0.25, 0.3) is 10.2 Å². The summed E-state index contributed by atoms with van der Waals surface area (Å²) in [5, 5.41) is 9.91. The van der Waals surface area contributed by atoms with Crippen molar-refractivity contribution in [2.45, 2.75) is 26.1 Å². The molecule has 0 aliphatic heterocycles. The predicted molar refractivity (Wildman–Crippen MR) is 97.0 cm³/mol. The molecule has 0 aliphatic rings. The normalized spacial score (nSPS) is 12.2. The van der Waals surface area contributed by atoms with Gasteiger partial charge in [-0.15, -0.1) is 11.3 Å². The van der Waals surface area contributed by atoms with Gasteiger partial charge >= 0.3 is 5.97 Å². The van der Waals surface area contributed by atoms with E-state index in [0.717, 1.165) is 20.8 Å². The van der Waals surface area contributed by atoms with Crippen molar-refractivity contribution in [1.82, 2.24) is 4.98 Å². The summed E-state index contributed by atoms with van der Waals surface area (Å²) in [6, 6.07) is 15.3. The van der Waals surface area contributed by atoms with Gasteiger partial charge in [-0.2, -0.15) is 0 Å². The lowest BCUT2D eigenvalue weighted by molar-refractivity contribution is -0.140. The molecule has 1 atom stereocenters. The first-order chi connectivity index (χ1) is 12.2. The zero-order valence-electron chi connectivity index (χ0n) is 13.8. The molecule has 0 saturated heterocycles. The molecule has 1 N–H and O–H groups in total. The average Bonchev–Trinajstić information content (AvgIpc) is 3.03. The summed E-state index contributed by atoms with van der Waals surface area (Å²) in [6.07, 6.45) is -0.499. The van der Waals surface area contributed by atoms with Crippen LogP contribution >= 0.6 is 11.3 Å². The van der Waals surface area contributed by atoms with E-state index in [1.54, 1.807) is 11.3 Å². The third kappa shape index (κ3) is 4.55. The molecule has 1 unspecified atom stereocenters. The van der Waals surface area contributed by atoms with Crippen molar-refractivity contribution in [3.05, 3.63) is 59.1 Å². The van der Waals surface area contributed by atoms with Crippen LogP contribution in [0, 0.1) is 0 Å². The first-order valence-corrected chi connectivity index (χ1v) is 8.88. The van der Waals surface area contributed by atoms with Crippen LogP contribution in [0.5, 0.6) is 5.75 Å². The van der Waals surface area contributed by atoms with Crippen molar-refractivity contribution < 1.29 is 19.4 Å². The number of hydrogen-bond acceptors (Lipinski definition) is 5. The molecule has 5 nitrogen and oxygen atoms in total. The number of ether oxygens (including phenoxy) is 2. The highest BCUT2D eigenvalue weighted by Gasteiger charge is 2.15. The molecule has 0 bridgehead atoms. The number of hydrogen-bond donors (Lipinski definition) is 1. The third-order valence-corrected chi connectivity index (χ3v) is 4.69. The van der Waals surface area contributed by atoms with Crippen LogP contribution in [-0.2, 0) is 16.1 Å². The maximum absolute atomic E-state index is 10.9. The molecular formula is C19H19NO4S. The van der Waals surface area contributed by atoms with E-state index in [1.807, 2.05) is 55.5 Å². The van der Waals surface area contributed by atoms with E-state index in [9.17, 15) is 4.79 Å². The number of carboxylic acids is 1. The molecule has 25 heavy (non-hydrogen) atoms. The fraction of sp³-hybridized carbons (Fsp3) is 0.263. The second-order valence-corrected chi connectivity index (χ2v) is 6.59. The largest absolute Gasteiger partial charge is 0.486 e. The highest BCUT2D eigenvalue weighted by Crippen LogP contribution is 2.26. The van der Waals surface area contributed by atoms with Crippen molar-refractivity contribution in [3.63, 3.8) is 0 Å². The van der Waals surface area contributed by atoms with Crippen molar-refractivity contribution in [2.24, 2.45) is 0 Å². The molecule has 1 heterocycles. The van der Waals surface area contributed by atoms with Crippen molar-refractivity contribution in [2.75, 3.05) is 6.61 Å². The molecule has 6 heteroatoms. The first kappa shape index (κ1) is 17.4. The van der Waals surface area contributed by atoms with Gasteiger partial charge in [0, 0.05) is 6.61 Å². The number of carboxylic acid groups (broad SMARTS) is 1. The number of fused-ring (bicyclic) bond motifs is 1. The molecule has 0 amide bonds. The average molecular weight is 357 g/mol. The molecule has 0 aliphatic carbocycles. The summed E-state index contributed by atoms with van der Waals surface area (Å²) in [5.41, 5.74) is 1.81. The number of carbonyl (C=O) groups is 1. The Labute approximate surface area is 149 Å². The van der Waals surface area contributed by atoms with Crippen molar-refractivity contribution in [3.8, 4) is 5.75 Å². The summed E-state index contributed by atoms with van der Waals surface area (Å²) < 4.78 is 12.4. The smallest absolute Gasteiger partial charge is 0.306 e. The second-order valence-electron chi connectivity index (χ2n) is 5.47. The number of rotatable bonds is 8. The number of para-hydroxylation sites is 1. The maximum atomic E-state index is 10.9. The van der Waals surface area contributed by atoms with Crippen LogP contribution in [-0.4, -0.2) is 22.7 Å². The molecule has 130 valence electrons. The molecule has 3 aromatic rings. The van der Waals surface area contributed by atoms with E-state index < -0.39 is 12.1 Å². The molecule has 2 aromatic carbocycles. The van der Waals surface area contributed by atoms with E-state index in [1.165, 1.54) is 0 Å². The Morgan fingerprint density at radius 3 is 2.64 bits per heavy atom. The van der Waals surface area contributed by atoms with E-state index in [4.69, 9.17) is 14.6 Å². The van der Waals surface area contributed by atoms with Gasteiger partial charge in [-0.05, 0) is 36.8 Å². The summed E-state index contributed by atoms with van der Waals surface area (Å²) >= 11 is 1.62. The summed E-state index contributed by atoms with van der Waals surface area (Å²) in [7, 11) is 0. The second kappa shape index (κ2) is 8.09. The SMILES string of the molecule is CCOC(CC(=O)O)c1ccc(OCc2nc3ccccc3s2)cc1. The standard InChI is InChI=1S/C19H19NO4S/c1-2-23-16(11-19(21)22)13-7-9-14(10-8-13)24-12-18-20-15-5-3-4-6-17(15)25-18/h3-10,16H,2,11-12H2,1H3,(H,21,22). The predicted octanol–water partition coefficient (Wildman–Crippen LogP) is 4.43. The van der Waals surface area contributed by atoms with Gasteiger partial charge in [-0.3, -0.25) is 4.79 Å². The van der Waals surface area contributed by atoms with Crippen molar-refractivity contribution in [1.29, 1.82) is 0 Å². The Morgan fingerprint density at radius 2 is 1.96 bits per heavy atom. The summed E-state index contributed by atoms with van der Waals surface area (Å²) in [6.45, 7) is 2.72. The Balaban J connectivity index is 1.64. The topological polar surface area (TPSA) is 68.7 Å². The monoisotopic (exact) mass is 357 g/mol. The molecule has 0 saturated carbocycles. The van der Waals surface area contributed by atoms with Gasteiger partial charge in [0.1, 0.15) is 17.4 Å². The van der Waals surface area contributed by atoms with Gasteiger partial charge in [0.25, 0.3) is 0 Å². The number of benzene rings is 2.